The number of hydrogen-bond acceptors (Lipinski definition) is 6. The van der Waals surface area contributed by atoms with Crippen LogP contribution in [0.25, 0.3) is 0 Å². The van der Waals surface area contributed by atoms with Crippen molar-refractivity contribution in [2.45, 2.75) is 62.1 Å². The first-order valence-electron chi connectivity index (χ1n) is 12.5. The molecule has 0 saturated carbocycles. The Kier molecular flexibility index (Phi) is 11.6. The van der Waals surface area contributed by atoms with Crippen molar-refractivity contribution in [3.63, 3.8) is 0 Å². The molecule has 0 spiro atoms. The molecule has 1 unspecified atom stereocenters. The van der Waals surface area contributed by atoms with Gasteiger partial charge in [-0.1, -0.05) is 18.6 Å². The fourth-order valence-electron chi connectivity index (χ4n) is 4.05. The van der Waals surface area contributed by atoms with E-state index in [0.717, 1.165) is 57.0 Å². The van der Waals surface area contributed by atoms with Gasteiger partial charge in [0.05, 0.1) is 11.3 Å². The predicted molar refractivity (Wildman–Crippen MR) is 138 cm³/mol. The van der Waals surface area contributed by atoms with Gasteiger partial charge in [0, 0.05) is 24.6 Å². The van der Waals surface area contributed by atoms with Crippen molar-refractivity contribution in [1.29, 1.82) is 5.26 Å². The fraction of sp³-hybridized carbons (Fsp3) is 0.481. The van der Waals surface area contributed by atoms with E-state index in [2.05, 4.69) is 9.62 Å². The number of alkyl halides is 1. The third-order valence-corrected chi connectivity index (χ3v) is 7.01. The van der Waals surface area contributed by atoms with Gasteiger partial charge in [-0.05, 0) is 86.8 Å². The number of unbranched alkanes of at least 4 members (excludes halogenated alkanes) is 2. The summed E-state index contributed by atoms with van der Waals surface area (Å²) >= 11 is 0.948. The Labute approximate surface area is 220 Å². The van der Waals surface area contributed by atoms with Gasteiger partial charge in [-0.25, -0.2) is 13.2 Å². The first-order valence-corrected chi connectivity index (χ1v) is 13.4. The minimum atomic E-state index is -0.672. The van der Waals surface area contributed by atoms with E-state index in [9.17, 15) is 18.0 Å². The number of amides is 1. The van der Waals surface area contributed by atoms with Gasteiger partial charge in [0.2, 0.25) is 0 Å². The van der Waals surface area contributed by atoms with Gasteiger partial charge < -0.3 is 10.5 Å². The SMILES string of the molecule is Fc1ccc(CCCCCN2CC(F)C2)cc1.N#Cc1cc(SNC(=O)C2CCCCO2)cc(F)c1N. The average Bonchev–Trinajstić information content (AvgIpc) is 2.89. The Balaban J connectivity index is 0.000000208. The van der Waals surface area contributed by atoms with Crippen molar-refractivity contribution >= 4 is 23.5 Å². The van der Waals surface area contributed by atoms with Crippen LogP contribution in [-0.2, 0) is 16.0 Å². The molecule has 2 aliphatic rings. The number of nitrogen functional groups attached to an aromatic ring is 1. The molecule has 2 aromatic rings. The number of likely N-dealkylation sites (tertiary alicyclic amines) is 1. The molecule has 2 heterocycles. The van der Waals surface area contributed by atoms with Crippen molar-refractivity contribution in [2.24, 2.45) is 0 Å². The van der Waals surface area contributed by atoms with Crippen LogP contribution in [-0.4, -0.2) is 49.3 Å². The number of hydrogen-bond donors (Lipinski definition) is 2. The minimum absolute atomic E-state index is 0.0515. The van der Waals surface area contributed by atoms with Gasteiger partial charge in [-0.15, -0.1) is 0 Å². The second-order valence-electron chi connectivity index (χ2n) is 9.20. The van der Waals surface area contributed by atoms with Gasteiger partial charge in [0.25, 0.3) is 5.91 Å². The molecule has 2 fully saturated rings. The zero-order valence-electron chi connectivity index (χ0n) is 20.7. The molecule has 0 aromatic heterocycles. The summed E-state index contributed by atoms with van der Waals surface area (Å²) in [7, 11) is 0. The molecule has 200 valence electrons. The number of aryl methyl sites for hydroxylation is 1. The molecule has 1 amide bonds. The molecule has 3 N–H and O–H groups in total. The zero-order valence-corrected chi connectivity index (χ0v) is 21.5. The summed E-state index contributed by atoms with van der Waals surface area (Å²) < 4.78 is 46.6. The van der Waals surface area contributed by atoms with Crippen LogP contribution in [0, 0.1) is 23.0 Å². The molecule has 2 saturated heterocycles. The molecule has 0 bridgehead atoms. The van der Waals surface area contributed by atoms with Gasteiger partial charge in [-0.2, -0.15) is 5.26 Å². The molecule has 6 nitrogen and oxygen atoms in total. The van der Waals surface area contributed by atoms with Gasteiger partial charge >= 0.3 is 0 Å². The lowest BCUT2D eigenvalue weighted by Crippen LogP contribution is -2.48. The van der Waals surface area contributed by atoms with E-state index in [-0.39, 0.29) is 23.0 Å². The topological polar surface area (TPSA) is 91.4 Å². The van der Waals surface area contributed by atoms with Crippen molar-refractivity contribution in [3.05, 3.63) is 59.2 Å². The summed E-state index contributed by atoms with van der Waals surface area (Å²) in [5.41, 5.74) is 6.48. The number of carbonyl (C=O) groups is 1. The van der Waals surface area contributed by atoms with E-state index >= 15 is 0 Å². The Bertz CT molecular complexity index is 1050. The normalized spacial score (nSPS) is 17.7. The lowest BCUT2D eigenvalue weighted by molar-refractivity contribution is -0.133. The Hall–Kier alpha value is -2.74. The number of nitrogens with zero attached hydrogens (tertiary/aromatic N) is 2. The van der Waals surface area contributed by atoms with Crippen LogP contribution in [0.1, 0.15) is 49.7 Å². The number of carbonyl (C=O) groups excluding carboxylic acids is 1. The summed E-state index contributed by atoms with van der Waals surface area (Å²) in [6.45, 7) is 2.84. The number of halogens is 3. The summed E-state index contributed by atoms with van der Waals surface area (Å²) in [6, 6.07) is 11.1. The molecule has 1 atom stereocenters. The quantitative estimate of drug-likeness (QED) is 0.262. The van der Waals surface area contributed by atoms with Crippen molar-refractivity contribution in [1.82, 2.24) is 9.62 Å². The predicted octanol–water partition coefficient (Wildman–Crippen LogP) is 5.16. The van der Waals surface area contributed by atoms with E-state index in [1.807, 2.05) is 18.2 Å². The molecular weight excluding hydrogens is 501 g/mol. The smallest absolute Gasteiger partial charge is 0.259 e. The molecule has 0 aliphatic carbocycles. The van der Waals surface area contributed by atoms with Crippen molar-refractivity contribution in [2.75, 3.05) is 32.0 Å². The Morgan fingerprint density at radius 3 is 2.57 bits per heavy atom. The summed E-state index contributed by atoms with van der Waals surface area (Å²) in [4.78, 5) is 14.4. The van der Waals surface area contributed by atoms with E-state index in [0.29, 0.717) is 31.0 Å². The van der Waals surface area contributed by atoms with Crippen LogP contribution >= 0.6 is 11.9 Å². The van der Waals surface area contributed by atoms with Crippen LogP contribution < -0.4 is 10.5 Å². The van der Waals surface area contributed by atoms with Crippen LogP contribution in [0.5, 0.6) is 0 Å². The highest BCUT2D eigenvalue weighted by Gasteiger charge is 2.25. The van der Waals surface area contributed by atoms with Crippen molar-refractivity contribution < 1.29 is 22.7 Å². The van der Waals surface area contributed by atoms with Crippen LogP contribution in [0.3, 0.4) is 0 Å². The van der Waals surface area contributed by atoms with E-state index in [1.165, 1.54) is 29.8 Å². The molecule has 0 radical (unpaired) electrons. The maximum atomic E-state index is 13.5. The van der Waals surface area contributed by atoms with Gasteiger partial charge in [0.15, 0.2) is 0 Å². The number of rotatable bonds is 9. The standard InChI is InChI=1S/C14H19F2N.C13H14FN3O2S/c15-13-7-5-12(6-8-13)4-2-1-3-9-17-10-14(16)11-17;14-10-6-9(5-8(7-15)12(10)16)20-17-13(18)11-3-1-2-4-19-11/h5-8,14H,1-4,9-11H2;5-6,11H,1-4,16H2,(H,17,18). The molecule has 4 rings (SSSR count). The monoisotopic (exact) mass is 534 g/mol. The number of nitrogens with two attached hydrogens (primary N) is 1. The average molecular weight is 535 g/mol. The molecule has 2 aromatic carbocycles. The van der Waals surface area contributed by atoms with Crippen molar-refractivity contribution in [3.8, 4) is 6.07 Å². The Morgan fingerprint density at radius 1 is 1.16 bits per heavy atom. The number of nitriles is 1. The highest BCUT2D eigenvalue weighted by atomic mass is 32.2. The maximum Gasteiger partial charge on any atom is 0.259 e. The number of nitrogens with one attached hydrogen (secondary N) is 1. The van der Waals surface area contributed by atoms with E-state index in [1.54, 1.807) is 0 Å². The first kappa shape index (κ1) is 28.8. The van der Waals surface area contributed by atoms with E-state index < -0.39 is 18.1 Å². The lowest BCUT2D eigenvalue weighted by Gasteiger charge is -2.34. The zero-order chi connectivity index (χ0) is 26.6. The highest BCUT2D eigenvalue weighted by Crippen LogP contribution is 2.24. The second-order valence-corrected chi connectivity index (χ2v) is 10.1. The molecule has 2 aliphatic heterocycles. The third kappa shape index (κ3) is 9.58. The van der Waals surface area contributed by atoms with Gasteiger partial charge in [-0.3, -0.25) is 14.4 Å². The second kappa shape index (κ2) is 14.9. The maximum absolute atomic E-state index is 13.5. The Morgan fingerprint density at radius 2 is 1.92 bits per heavy atom. The molecule has 10 heteroatoms. The largest absolute Gasteiger partial charge is 0.395 e. The first-order chi connectivity index (χ1) is 17.9. The molecular formula is C27H33F3N4O2S. The third-order valence-electron chi connectivity index (χ3n) is 6.23. The number of ether oxygens (including phenoxy) is 1. The summed E-state index contributed by atoms with van der Waals surface area (Å²) in [5, 5.41) is 8.84. The van der Waals surface area contributed by atoms with Crippen LogP contribution in [0.15, 0.2) is 41.3 Å². The fourth-order valence-corrected chi connectivity index (χ4v) is 4.74. The van der Waals surface area contributed by atoms with Gasteiger partial charge in [0.1, 0.15) is 30.0 Å². The number of anilines is 1. The van der Waals surface area contributed by atoms with Crippen LogP contribution in [0.2, 0.25) is 0 Å². The lowest BCUT2D eigenvalue weighted by atomic mass is 10.1. The summed E-state index contributed by atoms with van der Waals surface area (Å²) in [5.74, 6) is -1.09. The summed E-state index contributed by atoms with van der Waals surface area (Å²) in [6.07, 6.45) is 5.98. The minimum Gasteiger partial charge on any atom is -0.395 e. The highest BCUT2D eigenvalue weighted by molar-refractivity contribution is 7.98. The van der Waals surface area contributed by atoms with Crippen LogP contribution in [0.4, 0.5) is 18.9 Å². The van der Waals surface area contributed by atoms with E-state index in [4.69, 9.17) is 15.7 Å². The number of benzene rings is 2. The molecule has 37 heavy (non-hydrogen) atoms.